The number of benzene rings is 2. The van der Waals surface area contributed by atoms with Crippen LogP contribution in [0.15, 0.2) is 63.8 Å². The number of aromatic nitrogens is 7. The number of aryl methyl sites for hydroxylation is 2. The molecule has 13 nitrogen and oxygen atoms in total. The van der Waals surface area contributed by atoms with Crippen molar-refractivity contribution in [3.05, 3.63) is 49.1 Å². The summed E-state index contributed by atoms with van der Waals surface area (Å²) in [5.74, 6) is -0.0514. The zero-order valence-corrected chi connectivity index (χ0v) is 21.8. The fraction of sp³-hybridized carbons (Fsp3) is 0.174. The number of phenols is 1. The average Bonchev–Trinajstić information content (AvgIpc) is 3.61. The van der Waals surface area contributed by atoms with E-state index < -0.39 is 0 Å². The topological polar surface area (TPSA) is 166 Å². The van der Waals surface area contributed by atoms with E-state index in [1.807, 2.05) is 0 Å². The van der Waals surface area contributed by atoms with Crippen LogP contribution in [0, 0.1) is 0 Å². The highest BCUT2D eigenvalue weighted by molar-refractivity contribution is 8.00. The van der Waals surface area contributed by atoms with Crippen molar-refractivity contribution >= 4 is 57.8 Å². The SMILES string of the molecule is Cn1cnnc1SCC(=O)Nc1ccc(-c2nc3cc(NC(=O)CSc4nncn4C)ccc3o2)c(O)c1. The van der Waals surface area contributed by atoms with Crippen LogP contribution in [0.5, 0.6) is 5.75 Å². The summed E-state index contributed by atoms with van der Waals surface area (Å²) in [4.78, 5) is 29.1. The van der Waals surface area contributed by atoms with Crippen LogP contribution in [0.2, 0.25) is 0 Å². The van der Waals surface area contributed by atoms with Crippen molar-refractivity contribution in [2.75, 3.05) is 22.1 Å². The Labute approximate surface area is 224 Å². The number of hydrogen-bond donors (Lipinski definition) is 3. The maximum atomic E-state index is 12.3. The van der Waals surface area contributed by atoms with E-state index in [0.29, 0.717) is 38.4 Å². The van der Waals surface area contributed by atoms with E-state index in [1.165, 1.54) is 29.6 Å². The van der Waals surface area contributed by atoms with E-state index >= 15 is 0 Å². The lowest BCUT2D eigenvalue weighted by molar-refractivity contribution is -0.114. The molecule has 0 bridgehead atoms. The number of anilines is 2. The predicted molar refractivity (Wildman–Crippen MR) is 142 cm³/mol. The zero-order valence-electron chi connectivity index (χ0n) is 20.2. The van der Waals surface area contributed by atoms with E-state index in [9.17, 15) is 14.7 Å². The first-order chi connectivity index (χ1) is 18.4. The fourth-order valence-corrected chi connectivity index (χ4v) is 4.75. The second-order valence-electron chi connectivity index (χ2n) is 8.06. The molecule has 0 saturated heterocycles. The number of carbonyl (C=O) groups is 2. The fourth-order valence-electron chi connectivity index (χ4n) is 3.37. The molecular weight excluding hydrogens is 530 g/mol. The van der Waals surface area contributed by atoms with Crippen LogP contribution < -0.4 is 10.6 Å². The molecule has 38 heavy (non-hydrogen) atoms. The number of amides is 2. The average molecular weight is 552 g/mol. The van der Waals surface area contributed by atoms with Crippen molar-refractivity contribution in [3.8, 4) is 17.2 Å². The van der Waals surface area contributed by atoms with E-state index in [2.05, 4.69) is 36.0 Å². The van der Waals surface area contributed by atoms with E-state index in [4.69, 9.17) is 4.42 Å². The summed E-state index contributed by atoms with van der Waals surface area (Å²) < 4.78 is 9.26. The molecule has 0 aliphatic rings. The number of nitrogens with zero attached hydrogens (tertiary/aromatic N) is 7. The Hall–Kier alpha value is -4.37. The van der Waals surface area contributed by atoms with Gasteiger partial charge in [0.05, 0.1) is 17.1 Å². The number of carbonyl (C=O) groups excluding carboxylic acids is 2. The number of hydrogen-bond acceptors (Lipinski definition) is 11. The summed E-state index contributed by atoms with van der Waals surface area (Å²) >= 11 is 2.53. The number of aromatic hydroxyl groups is 1. The molecule has 3 aromatic heterocycles. The molecule has 0 fully saturated rings. The van der Waals surface area contributed by atoms with Crippen LogP contribution in [0.1, 0.15) is 0 Å². The molecule has 0 saturated carbocycles. The first-order valence-corrected chi connectivity index (χ1v) is 13.1. The Kier molecular flexibility index (Phi) is 7.28. The predicted octanol–water partition coefficient (Wildman–Crippen LogP) is 2.92. The molecule has 0 radical (unpaired) electrons. The van der Waals surface area contributed by atoms with E-state index in [1.54, 1.807) is 66.2 Å². The lowest BCUT2D eigenvalue weighted by Crippen LogP contribution is -2.14. The molecule has 5 rings (SSSR count). The van der Waals surface area contributed by atoms with Crippen LogP contribution >= 0.6 is 23.5 Å². The summed E-state index contributed by atoms with van der Waals surface area (Å²) in [6.07, 6.45) is 3.13. The highest BCUT2D eigenvalue weighted by Gasteiger charge is 2.15. The first-order valence-electron chi connectivity index (χ1n) is 11.1. The van der Waals surface area contributed by atoms with Crippen molar-refractivity contribution in [2.45, 2.75) is 10.3 Å². The molecule has 3 N–H and O–H groups in total. The van der Waals surface area contributed by atoms with Crippen LogP contribution in [-0.4, -0.2) is 62.9 Å². The largest absolute Gasteiger partial charge is 0.507 e. The summed E-state index contributed by atoms with van der Waals surface area (Å²) in [6, 6.07) is 9.77. The number of phenolic OH excluding ortho intramolecular Hbond substituents is 1. The molecule has 0 unspecified atom stereocenters. The van der Waals surface area contributed by atoms with Gasteiger partial charge in [-0.05, 0) is 30.3 Å². The summed E-state index contributed by atoms with van der Waals surface area (Å²) in [5, 5.41) is 32.8. The Morgan fingerprint density at radius 1 is 0.895 bits per heavy atom. The van der Waals surface area contributed by atoms with Gasteiger partial charge in [-0.25, -0.2) is 4.98 Å². The Morgan fingerprint density at radius 3 is 2.03 bits per heavy atom. The molecule has 15 heteroatoms. The van der Waals surface area contributed by atoms with Crippen LogP contribution in [0.3, 0.4) is 0 Å². The van der Waals surface area contributed by atoms with Gasteiger partial charge in [0, 0.05) is 31.5 Å². The van der Waals surface area contributed by atoms with Gasteiger partial charge in [-0.1, -0.05) is 23.5 Å². The van der Waals surface area contributed by atoms with Gasteiger partial charge in [-0.15, -0.1) is 20.4 Å². The van der Waals surface area contributed by atoms with Crippen LogP contribution in [0.25, 0.3) is 22.6 Å². The van der Waals surface area contributed by atoms with E-state index in [-0.39, 0.29) is 35.0 Å². The van der Waals surface area contributed by atoms with Gasteiger partial charge in [0.2, 0.25) is 17.7 Å². The summed E-state index contributed by atoms with van der Waals surface area (Å²) in [6.45, 7) is 0. The molecule has 194 valence electrons. The second kappa shape index (κ2) is 10.9. The van der Waals surface area contributed by atoms with Crippen molar-refractivity contribution in [2.24, 2.45) is 14.1 Å². The molecule has 3 heterocycles. The summed E-state index contributed by atoms with van der Waals surface area (Å²) in [5.41, 5.74) is 2.34. The lowest BCUT2D eigenvalue weighted by Gasteiger charge is -2.07. The van der Waals surface area contributed by atoms with Gasteiger partial charge < -0.3 is 29.3 Å². The molecule has 2 amide bonds. The van der Waals surface area contributed by atoms with Gasteiger partial charge in [0.1, 0.15) is 23.9 Å². The minimum absolute atomic E-state index is 0.107. The second-order valence-corrected chi connectivity index (χ2v) is 9.94. The van der Waals surface area contributed by atoms with Gasteiger partial charge in [-0.2, -0.15) is 0 Å². The molecule has 5 aromatic rings. The number of rotatable bonds is 9. The quantitative estimate of drug-likeness (QED) is 0.231. The van der Waals surface area contributed by atoms with Gasteiger partial charge in [-0.3, -0.25) is 9.59 Å². The lowest BCUT2D eigenvalue weighted by atomic mass is 10.2. The highest BCUT2D eigenvalue weighted by Crippen LogP contribution is 2.34. The number of thioether (sulfide) groups is 2. The Bertz CT molecular complexity index is 1630. The molecular formula is C23H21N9O4S2. The molecule has 0 aliphatic heterocycles. The smallest absolute Gasteiger partial charge is 0.234 e. The normalized spacial score (nSPS) is 11.1. The maximum Gasteiger partial charge on any atom is 0.234 e. The minimum atomic E-state index is -0.253. The number of oxazole rings is 1. The van der Waals surface area contributed by atoms with Crippen molar-refractivity contribution in [1.82, 2.24) is 34.5 Å². The maximum absolute atomic E-state index is 12.3. The molecule has 0 aliphatic carbocycles. The van der Waals surface area contributed by atoms with Crippen LogP contribution in [0.4, 0.5) is 11.4 Å². The number of fused-ring (bicyclic) bond motifs is 1. The third-order valence-electron chi connectivity index (χ3n) is 5.19. The van der Waals surface area contributed by atoms with Gasteiger partial charge >= 0.3 is 0 Å². The van der Waals surface area contributed by atoms with Crippen molar-refractivity contribution in [3.63, 3.8) is 0 Å². The van der Waals surface area contributed by atoms with E-state index in [0.717, 1.165) is 0 Å². The third kappa shape index (κ3) is 5.78. The van der Waals surface area contributed by atoms with Crippen molar-refractivity contribution in [1.29, 1.82) is 0 Å². The Morgan fingerprint density at radius 2 is 1.47 bits per heavy atom. The first kappa shape index (κ1) is 25.3. The van der Waals surface area contributed by atoms with Gasteiger partial charge in [0.25, 0.3) is 0 Å². The number of nitrogens with one attached hydrogen (secondary N) is 2. The molecule has 0 spiro atoms. The Balaban J connectivity index is 1.22. The monoisotopic (exact) mass is 551 g/mol. The van der Waals surface area contributed by atoms with Crippen LogP contribution in [-0.2, 0) is 23.7 Å². The third-order valence-corrected chi connectivity index (χ3v) is 7.26. The molecule has 2 aromatic carbocycles. The molecule has 0 atom stereocenters. The standard InChI is InChI=1S/C23H21N9O4S2/c1-31-11-24-29-22(31)37-9-19(34)26-13-4-6-18-16(7-13)28-21(36-18)15-5-3-14(8-17(15)33)27-20(35)10-38-23-30-25-12-32(23)2/h3-8,11-12,33H,9-10H2,1-2H3,(H,26,34)(H,27,35). The summed E-state index contributed by atoms with van der Waals surface area (Å²) in [7, 11) is 3.60. The van der Waals surface area contributed by atoms with Gasteiger partial charge in [0.15, 0.2) is 15.9 Å². The van der Waals surface area contributed by atoms with Crippen molar-refractivity contribution < 1.29 is 19.1 Å². The highest BCUT2D eigenvalue weighted by atomic mass is 32.2. The zero-order chi connectivity index (χ0) is 26.6. The minimum Gasteiger partial charge on any atom is -0.507 e.